The fraction of sp³-hybridized carbons (Fsp3) is 0.440. The first-order valence-corrected chi connectivity index (χ1v) is 12.8. The predicted octanol–water partition coefficient (Wildman–Crippen LogP) is 3.54. The smallest absolute Gasteiger partial charge is 0.244 e. The van der Waals surface area contributed by atoms with E-state index in [-0.39, 0.29) is 12.5 Å². The molecule has 0 fully saturated rings. The molecule has 0 aliphatic heterocycles. The van der Waals surface area contributed by atoms with Crippen LogP contribution < -0.4 is 9.62 Å². The minimum atomic E-state index is -3.80. The van der Waals surface area contributed by atoms with Gasteiger partial charge in [-0.3, -0.25) is 13.9 Å². The molecule has 186 valence electrons. The molecule has 0 saturated carbocycles. The SMILES string of the molecule is Cc1ccc(N(CC(=O)N(Cc2ccc(F)cc2)[C@@H](C)C(=O)NC(C)(C)C)S(C)(=O)=O)c(C)c1. The maximum Gasteiger partial charge on any atom is 0.244 e. The minimum Gasteiger partial charge on any atom is -0.350 e. The van der Waals surface area contributed by atoms with Gasteiger partial charge in [0, 0.05) is 12.1 Å². The third-order valence-corrected chi connectivity index (χ3v) is 6.36. The van der Waals surface area contributed by atoms with E-state index in [0.29, 0.717) is 16.8 Å². The number of anilines is 1. The van der Waals surface area contributed by atoms with Crippen LogP contribution in [0, 0.1) is 19.7 Å². The van der Waals surface area contributed by atoms with Crippen LogP contribution in [-0.4, -0.2) is 49.5 Å². The summed E-state index contributed by atoms with van der Waals surface area (Å²) in [4.78, 5) is 27.7. The molecule has 1 N–H and O–H groups in total. The van der Waals surface area contributed by atoms with Gasteiger partial charge in [-0.15, -0.1) is 0 Å². The minimum absolute atomic E-state index is 0.0162. The fourth-order valence-corrected chi connectivity index (χ4v) is 4.43. The first-order valence-electron chi connectivity index (χ1n) is 11.0. The number of sulfonamides is 1. The van der Waals surface area contributed by atoms with Crippen LogP contribution in [0.2, 0.25) is 0 Å². The Morgan fingerprint density at radius 2 is 1.65 bits per heavy atom. The Balaban J connectivity index is 2.43. The largest absolute Gasteiger partial charge is 0.350 e. The van der Waals surface area contributed by atoms with Crippen molar-refractivity contribution in [1.29, 1.82) is 0 Å². The monoisotopic (exact) mass is 491 g/mol. The zero-order chi connectivity index (χ0) is 25.8. The second kappa shape index (κ2) is 10.5. The first-order chi connectivity index (χ1) is 15.6. The van der Waals surface area contributed by atoms with E-state index in [2.05, 4.69) is 5.32 Å². The van der Waals surface area contributed by atoms with Gasteiger partial charge >= 0.3 is 0 Å². The third kappa shape index (κ3) is 7.55. The molecule has 7 nitrogen and oxygen atoms in total. The van der Waals surface area contributed by atoms with Gasteiger partial charge in [0.05, 0.1) is 11.9 Å². The van der Waals surface area contributed by atoms with E-state index in [1.807, 2.05) is 33.8 Å². The van der Waals surface area contributed by atoms with E-state index in [1.165, 1.54) is 29.2 Å². The Labute approximate surface area is 202 Å². The summed E-state index contributed by atoms with van der Waals surface area (Å²) in [5.41, 5.74) is 2.17. The Bertz CT molecular complexity index is 1140. The van der Waals surface area contributed by atoms with E-state index in [4.69, 9.17) is 0 Å². The van der Waals surface area contributed by atoms with Gasteiger partial charge in [-0.05, 0) is 70.9 Å². The van der Waals surface area contributed by atoms with Crippen LogP contribution in [0.15, 0.2) is 42.5 Å². The van der Waals surface area contributed by atoms with Crippen molar-refractivity contribution in [3.63, 3.8) is 0 Å². The maximum atomic E-state index is 13.5. The zero-order valence-electron chi connectivity index (χ0n) is 20.8. The van der Waals surface area contributed by atoms with Gasteiger partial charge in [0.25, 0.3) is 0 Å². The molecule has 0 heterocycles. The molecule has 0 saturated heterocycles. The highest BCUT2D eigenvalue weighted by Crippen LogP contribution is 2.24. The van der Waals surface area contributed by atoms with E-state index < -0.39 is 39.9 Å². The normalized spacial score (nSPS) is 12.7. The van der Waals surface area contributed by atoms with Crippen LogP contribution in [0.1, 0.15) is 44.4 Å². The van der Waals surface area contributed by atoms with Gasteiger partial charge in [-0.1, -0.05) is 29.8 Å². The molecule has 0 aliphatic carbocycles. The summed E-state index contributed by atoms with van der Waals surface area (Å²) in [6.45, 7) is 10.3. The molecule has 34 heavy (non-hydrogen) atoms. The molecule has 2 rings (SSSR count). The maximum absolute atomic E-state index is 13.5. The van der Waals surface area contributed by atoms with Gasteiger partial charge in [-0.2, -0.15) is 0 Å². The van der Waals surface area contributed by atoms with E-state index in [9.17, 15) is 22.4 Å². The second-order valence-electron chi connectivity index (χ2n) is 9.62. The molecule has 0 aromatic heterocycles. The van der Waals surface area contributed by atoms with Crippen molar-refractivity contribution in [2.45, 2.75) is 59.7 Å². The summed E-state index contributed by atoms with van der Waals surface area (Å²) >= 11 is 0. The summed E-state index contributed by atoms with van der Waals surface area (Å²) < 4.78 is 39.7. The highest BCUT2D eigenvalue weighted by molar-refractivity contribution is 7.92. The van der Waals surface area contributed by atoms with Crippen LogP contribution in [0.4, 0.5) is 10.1 Å². The second-order valence-corrected chi connectivity index (χ2v) is 11.5. The number of rotatable bonds is 8. The van der Waals surface area contributed by atoms with Crippen molar-refractivity contribution < 1.29 is 22.4 Å². The highest BCUT2D eigenvalue weighted by atomic mass is 32.2. The molecule has 9 heteroatoms. The molecule has 2 aromatic rings. The Kier molecular flexibility index (Phi) is 8.47. The number of aryl methyl sites for hydroxylation is 2. The molecular weight excluding hydrogens is 457 g/mol. The summed E-state index contributed by atoms with van der Waals surface area (Å²) in [5.74, 6) is -1.34. The summed E-state index contributed by atoms with van der Waals surface area (Å²) in [5, 5.41) is 2.86. The molecule has 0 unspecified atom stereocenters. The average molecular weight is 492 g/mol. The standard InChI is InChI=1S/C25H34FN3O4S/c1-17-8-13-22(18(2)14-17)29(34(7,32)33)16-23(30)28(15-20-9-11-21(26)12-10-20)19(3)24(31)27-25(4,5)6/h8-14,19H,15-16H2,1-7H3,(H,27,31)/t19-/m0/s1. The summed E-state index contributed by atoms with van der Waals surface area (Å²) in [6, 6.07) is 10.0. The lowest BCUT2D eigenvalue weighted by Crippen LogP contribution is -2.54. The Morgan fingerprint density at radius 1 is 1.06 bits per heavy atom. The lowest BCUT2D eigenvalue weighted by Gasteiger charge is -2.33. The van der Waals surface area contributed by atoms with Crippen molar-refractivity contribution in [2.24, 2.45) is 0 Å². The van der Waals surface area contributed by atoms with Crippen molar-refractivity contribution in [1.82, 2.24) is 10.2 Å². The number of carbonyl (C=O) groups excluding carboxylic acids is 2. The predicted molar refractivity (Wildman–Crippen MR) is 132 cm³/mol. The number of amides is 2. The van der Waals surface area contributed by atoms with E-state index >= 15 is 0 Å². The Hall–Kier alpha value is -2.94. The summed E-state index contributed by atoms with van der Waals surface area (Å²) in [6.07, 6.45) is 1.04. The van der Waals surface area contributed by atoms with E-state index in [0.717, 1.165) is 16.1 Å². The topological polar surface area (TPSA) is 86.8 Å². The number of hydrogen-bond donors (Lipinski definition) is 1. The van der Waals surface area contributed by atoms with Gasteiger partial charge < -0.3 is 10.2 Å². The number of nitrogens with zero attached hydrogens (tertiary/aromatic N) is 2. The molecule has 0 bridgehead atoms. The van der Waals surface area contributed by atoms with E-state index in [1.54, 1.807) is 26.0 Å². The lowest BCUT2D eigenvalue weighted by atomic mass is 10.1. The molecule has 0 radical (unpaired) electrons. The van der Waals surface area contributed by atoms with Crippen molar-refractivity contribution in [3.8, 4) is 0 Å². The van der Waals surface area contributed by atoms with Crippen LogP contribution in [0.3, 0.4) is 0 Å². The molecule has 0 spiro atoms. The molecule has 2 amide bonds. The van der Waals surface area contributed by atoms with Gasteiger partial charge in [0.2, 0.25) is 21.8 Å². The molecule has 2 aromatic carbocycles. The molecule has 1 atom stereocenters. The van der Waals surface area contributed by atoms with Gasteiger partial charge in [0.1, 0.15) is 18.4 Å². The number of hydrogen-bond acceptors (Lipinski definition) is 4. The highest BCUT2D eigenvalue weighted by Gasteiger charge is 2.31. The average Bonchev–Trinajstić information content (AvgIpc) is 2.69. The number of halogens is 1. The number of nitrogens with one attached hydrogen (secondary N) is 1. The van der Waals surface area contributed by atoms with Crippen LogP contribution in [0.5, 0.6) is 0 Å². The van der Waals surface area contributed by atoms with Crippen LogP contribution >= 0.6 is 0 Å². The van der Waals surface area contributed by atoms with Crippen LogP contribution in [-0.2, 0) is 26.2 Å². The molecular formula is C25H34FN3O4S. The first kappa shape index (κ1) is 27.3. The lowest BCUT2D eigenvalue weighted by molar-refractivity contribution is -0.140. The van der Waals surface area contributed by atoms with Crippen molar-refractivity contribution in [3.05, 3.63) is 65.0 Å². The van der Waals surface area contributed by atoms with Crippen LogP contribution in [0.25, 0.3) is 0 Å². The third-order valence-electron chi connectivity index (χ3n) is 5.23. The van der Waals surface area contributed by atoms with Crippen molar-refractivity contribution in [2.75, 3.05) is 17.1 Å². The number of carbonyl (C=O) groups is 2. The molecule has 0 aliphatic rings. The fourth-order valence-electron chi connectivity index (χ4n) is 3.52. The zero-order valence-corrected chi connectivity index (χ0v) is 21.7. The summed E-state index contributed by atoms with van der Waals surface area (Å²) in [7, 11) is -3.80. The quantitative estimate of drug-likeness (QED) is 0.612. The van der Waals surface area contributed by atoms with Crippen molar-refractivity contribution >= 4 is 27.5 Å². The van der Waals surface area contributed by atoms with Gasteiger partial charge in [-0.25, -0.2) is 12.8 Å². The Morgan fingerprint density at radius 3 is 2.15 bits per heavy atom. The van der Waals surface area contributed by atoms with Gasteiger partial charge in [0.15, 0.2) is 0 Å². The number of benzene rings is 2.